The fraction of sp³-hybridized carbons (Fsp3) is 0.350. The average Bonchev–Trinajstić information content (AvgIpc) is 2.65. The van der Waals surface area contributed by atoms with Crippen molar-refractivity contribution in [2.24, 2.45) is 0 Å². The molecule has 0 aliphatic carbocycles. The van der Waals surface area contributed by atoms with Crippen LogP contribution in [-0.4, -0.2) is 31.5 Å². The predicted octanol–water partition coefficient (Wildman–Crippen LogP) is 3.33. The molecule has 0 heterocycles. The van der Waals surface area contributed by atoms with Gasteiger partial charge in [0.05, 0.1) is 22.9 Å². The predicted molar refractivity (Wildman–Crippen MR) is 112 cm³/mol. The first-order chi connectivity index (χ1) is 13.5. The van der Waals surface area contributed by atoms with Gasteiger partial charge in [0.2, 0.25) is 15.9 Å². The molecule has 1 amide bonds. The standard InChI is InChI=1S/C20H25N3O5S/c1-5-19(20(24)21-15(3)16-11-9-14(2)10-12-16)22(29(4,27)28)17-7-6-8-18(13-17)23(25)26/h6-13,15,19H,5H2,1-4H3,(H,21,24)/t15-,19-/m0/s1. The lowest BCUT2D eigenvalue weighted by atomic mass is 10.1. The fourth-order valence-electron chi connectivity index (χ4n) is 3.05. The molecule has 0 aromatic heterocycles. The van der Waals surface area contributed by atoms with Gasteiger partial charge < -0.3 is 5.32 Å². The second-order valence-corrected chi connectivity index (χ2v) is 8.76. The van der Waals surface area contributed by atoms with Gasteiger partial charge in [-0.05, 0) is 31.9 Å². The van der Waals surface area contributed by atoms with Crippen molar-refractivity contribution in [1.82, 2.24) is 5.32 Å². The lowest BCUT2D eigenvalue weighted by Gasteiger charge is -2.31. The van der Waals surface area contributed by atoms with E-state index in [4.69, 9.17) is 0 Å². The highest BCUT2D eigenvalue weighted by Gasteiger charge is 2.32. The molecule has 156 valence electrons. The smallest absolute Gasteiger partial charge is 0.271 e. The van der Waals surface area contributed by atoms with E-state index in [1.165, 1.54) is 18.2 Å². The van der Waals surface area contributed by atoms with Crippen LogP contribution in [0.3, 0.4) is 0 Å². The Morgan fingerprint density at radius 3 is 2.34 bits per heavy atom. The first-order valence-electron chi connectivity index (χ1n) is 9.15. The maximum atomic E-state index is 13.0. The Bertz CT molecular complexity index is 989. The van der Waals surface area contributed by atoms with Crippen LogP contribution in [0, 0.1) is 17.0 Å². The van der Waals surface area contributed by atoms with Gasteiger partial charge in [0, 0.05) is 12.1 Å². The van der Waals surface area contributed by atoms with Crippen molar-refractivity contribution >= 4 is 27.3 Å². The number of nitro groups is 1. The van der Waals surface area contributed by atoms with Crippen LogP contribution < -0.4 is 9.62 Å². The zero-order chi connectivity index (χ0) is 21.8. The van der Waals surface area contributed by atoms with E-state index in [1.54, 1.807) is 6.92 Å². The van der Waals surface area contributed by atoms with Gasteiger partial charge in [0.1, 0.15) is 6.04 Å². The summed E-state index contributed by atoms with van der Waals surface area (Å²) >= 11 is 0. The van der Waals surface area contributed by atoms with E-state index < -0.39 is 26.9 Å². The number of nitro benzene ring substituents is 1. The lowest BCUT2D eigenvalue weighted by molar-refractivity contribution is -0.384. The summed E-state index contributed by atoms with van der Waals surface area (Å²) in [6.07, 6.45) is 1.17. The van der Waals surface area contributed by atoms with Crippen molar-refractivity contribution in [3.8, 4) is 0 Å². The SMILES string of the molecule is CC[C@@H](C(=O)N[C@@H](C)c1ccc(C)cc1)N(c1cccc([N+](=O)[O-])c1)S(C)(=O)=O. The van der Waals surface area contributed by atoms with Gasteiger partial charge in [-0.2, -0.15) is 0 Å². The normalized spacial score (nSPS) is 13.4. The van der Waals surface area contributed by atoms with Crippen LogP contribution in [-0.2, 0) is 14.8 Å². The van der Waals surface area contributed by atoms with E-state index in [2.05, 4.69) is 5.32 Å². The number of aryl methyl sites for hydroxylation is 1. The molecule has 2 rings (SSSR count). The molecule has 2 atom stereocenters. The van der Waals surface area contributed by atoms with Crippen molar-refractivity contribution in [3.63, 3.8) is 0 Å². The van der Waals surface area contributed by atoms with Crippen molar-refractivity contribution < 1.29 is 18.1 Å². The number of nitrogens with zero attached hydrogens (tertiary/aromatic N) is 2. The minimum absolute atomic E-state index is 0.0756. The number of rotatable bonds is 8. The number of sulfonamides is 1. The highest BCUT2D eigenvalue weighted by atomic mass is 32.2. The largest absolute Gasteiger partial charge is 0.348 e. The number of carbonyl (C=O) groups excluding carboxylic acids is 1. The van der Waals surface area contributed by atoms with Crippen LogP contribution in [0.25, 0.3) is 0 Å². The number of anilines is 1. The number of amides is 1. The van der Waals surface area contributed by atoms with Crippen LogP contribution in [0.2, 0.25) is 0 Å². The topological polar surface area (TPSA) is 110 Å². The van der Waals surface area contributed by atoms with Gasteiger partial charge in [-0.25, -0.2) is 8.42 Å². The molecule has 29 heavy (non-hydrogen) atoms. The second kappa shape index (κ2) is 9.04. The van der Waals surface area contributed by atoms with Gasteiger partial charge in [-0.3, -0.25) is 19.2 Å². The minimum atomic E-state index is -3.87. The zero-order valence-corrected chi connectivity index (χ0v) is 17.6. The van der Waals surface area contributed by atoms with Gasteiger partial charge in [0.25, 0.3) is 5.69 Å². The van der Waals surface area contributed by atoms with Crippen molar-refractivity contribution in [2.75, 3.05) is 10.6 Å². The quantitative estimate of drug-likeness (QED) is 0.521. The van der Waals surface area contributed by atoms with E-state index in [1.807, 2.05) is 38.1 Å². The van der Waals surface area contributed by atoms with Crippen LogP contribution in [0.1, 0.15) is 37.4 Å². The summed E-state index contributed by atoms with van der Waals surface area (Å²) in [6, 6.07) is 11.5. The molecule has 0 saturated carbocycles. The van der Waals surface area contributed by atoms with Gasteiger partial charge in [0.15, 0.2) is 0 Å². The molecule has 0 radical (unpaired) electrons. The first-order valence-corrected chi connectivity index (χ1v) is 11.0. The summed E-state index contributed by atoms with van der Waals surface area (Å²) < 4.78 is 25.9. The Morgan fingerprint density at radius 1 is 1.21 bits per heavy atom. The molecule has 0 unspecified atom stereocenters. The second-order valence-electron chi connectivity index (χ2n) is 6.90. The molecular formula is C20H25N3O5S. The summed E-state index contributed by atoms with van der Waals surface area (Å²) in [5.41, 5.74) is 1.80. The van der Waals surface area contributed by atoms with E-state index in [9.17, 15) is 23.3 Å². The Labute approximate surface area is 170 Å². The number of nitrogens with one attached hydrogen (secondary N) is 1. The third-order valence-corrected chi connectivity index (χ3v) is 5.74. The molecule has 2 aromatic carbocycles. The Balaban J connectivity index is 2.35. The van der Waals surface area contributed by atoms with E-state index >= 15 is 0 Å². The van der Waals surface area contributed by atoms with Gasteiger partial charge in [-0.15, -0.1) is 0 Å². The summed E-state index contributed by atoms with van der Waals surface area (Å²) in [4.78, 5) is 23.4. The van der Waals surface area contributed by atoms with Gasteiger partial charge >= 0.3 is 0 Å². The molecular weight excluding hydrogens is 394 g/mol. The van der Waals surface area contributed by atoms with E-state index in [0.717, 1.165) is 27.8 Å². The molecule has 0 saturated heterocycles. The zero-order valence-electron chi connectivity index (χ0n) is 16.8. The molecule has 1 N–H and O–H groups in total. The van der Waals surface area contributed by atoms with E-state index in [-0.39, 0.29) is 23.8 Å². The van der Waals surface area contributed by atoms with Crippen LogP contribution in [0.5, 0.6) is 0 Å². The highest BCUT2D eigenvalue weighted by molar-refractivity contribution is 7.92. The Hall–Kier alpha value is -2.94. The molecule has 2 aromatic rings. The molecule has 0 fully saturated rings. The highest BCUT2D eigenvalue weighted by Crippen LogP contribution is 2.27. The Morgan fingerprint density at radius 2 is 1.83 bits per heavy atom. The lowest BCUT2D eigenvalue weighted by Crippen LogP contribution is -2.49. The molecule has 8 nitrogen and oxygen atoms in total. The number of carbonyl (C=O) groups is 1. The molecule has 0 spiro atoms. The Kier molecular flexibility index (Phi) is 6.97. The third-order valence-electron chi connectivity index (χ3n) is 4.56. The average molecular weight is 420 g/mol. The molecule has 9 heteroatoms. The third kappa shape index (κ3) is 5.54. The number of hydrogen-bond acceptors (Lipinski definition) is 5. The molecule has 0 aliphatic heterocycles. The summed E-state index contributed by atoms with van der Waals surface area (Å²) in [7, 11) is -3.87. The number of hydrogen-bond donors (Lipinski definition) is 1. The molecule has 0 aliphatic rings. The van der Waals surface area contributed by atoms with Gasteiger partial charge in [-0.1, -0.05) is 42.8 Å². The molecule has 0 bridgehead atoms. The first kappa shape index (κ1) is 22.4. The summed E-state index contributed by atoms with van der Waals surface area (Å²) in [5, 5.41) is 13.9. The van der Waals surface area contributed by atoms with Crippen LogP contribution >= 0.6 is 0 Å². The monoisotopic (exact) mass is 419 g/mol. The number of benzene rings is 2. The minimum Gasteiger partial charge on any atom is -0.348 e. The maximum absolute atomic E-state index is 13.0. The maximum Gasteiger partial charge on any atom is 0.271 e. The van der Waals surface area contributed by atoms with Crippen molar-refractivity contribution in [2.45, 2.75) is 39.3 Å². The van der Waals surface area contributed by atoms with Crippen LogP contribution in [0.4, 0.5) is 11.4 Å². The summed E-state index contributed by atoms with van der Waals surface area (Å²) in [5.74, 6) is -0.475. The van der Waals surface area contributed by atoms with Crippen molar-refractivity contribution in [3.05, 3.63) is 69.8 Å². The fourth-order valence-corrected chi connectivity index (χ4v) is 4.26. The van der Waals surface area contributed by atoms with E-state index in [0.29, 0.717) is 0 Å². The van der Waals surface area contributed by atoms with Crippen LogP contribution in [0.15, 0.2) is 48.5 Å². The number of non-ortho nitro benzene ring substituents is 1. The van der Waals surface area contributed by atoms with Crippen molar-refractivity contribution in [1.29, 1.82) is 0 Å². The summed E-state index contributed by atoms with van der Waals surface area (Å²) in [6.45, 7) is 5.47.